The Morgan fingerprint density at radius 2 is 1.73 bits per heavy atom. The third-order valence-corrected chi connectivity index (χ3v) is 2.42. The van der Waals surface area contributed by atoms with Crippen molar-refractivity contribution in [1.82, 2.24) is 0 Å². The van der Waals surface area contributed by atoms with Crippen molar-refractivity contribution in [3.63, 3.8) is 0 Å². The Hall–Kier alpha value is -1.54. The standard InChI is InChI=1S/C13H14O2/c1-9-5-10(2)7-12(6-9)13(14)11-3-4-15-8-11/h3-8,13-14H,1-2H3. The molecule has 1 atom stereocenters. The molecule has 1 unspecified atom stereocenters. The van der Waals surface area contributed by atoms with E-state index in [1.807, 2.05) is 26.0 Å². The summed E-state index contributed by atoms with van der Waals surface area (Å²) in [4.78, 5) is 0. The number of furan rings is 1. The van der Waals surface area contributed by atoms with Gasteiger partial charge in [0, 0.05) is 5.56 Å². The number of benzene rings is 1. The van der Waals surface area contributed by atoms with Crippen LogP contribution in [0.2, 0.25) is 0 Å². The first-order chi connectivity index (χ1) is 7.16. The number of rotatable bonds is 2. The van der Waals surface area contributed by atoms with Gasteiger partial charge in [0.25, 0.3) is 0 Å². The summed E-state index contributed by atoms with van der Waals surface area (Å²) < 4.78 is 4.96. The molecule has 0 aliphatic heterocycles. The van der Waals surface area contributed by atoms with Gasteiger partial charge in [-0.3, -0.25) is 0 Å². The van der Waals surface area contributed by atoms with Crippen LogP contribution in [-0.4, -0.2) is 5.11 Å². The quantitative estimate of drug-likeness (QED) is 0.812. The van der Waals surface area contributed by atoms with Crippen molar-refractivity contribution in [2.24, 2.45) is 0 Å². The first-order valence-corrected chi connectivity index (χ1v) is 4.95. The summed E-state index contributed by atoms with van der Waals surface area (Å²) in [5.74, 6) is 0. The molecular formula is C13H14O2. The second-order valence-electron chi connectivity index (χ2n) is 3.88. The summed E-state index contributed by atoms with van der Waals surface area (Å²) in [6, 6.07) is 7.85. The van der Waals surface area contributed by atoms with Crippen LogP contribution in [0.5, 0.6) is 0 Å². The van der Waals surface area contributed by atoms with Gasteiger partial charge in [-0.25, -0.2) is 0 Å². The largest absolute Gasteiger partial charge is 0.472 e. The van der Waals surface area contributed by atoms with Gasteiger partial charge in [-0.15, -0.1) is 0 Å². The van der Waals surface area contributed by atoms with Crippen molar-refractivity contribution in [3.8, 4) is 0 Å². The third kappa shape index (κ3) is 2.10. The van der Waals surface area contributed by atoms with E-state index in [4.69, 9.17) is 4.42 Å². The molecule has 2 aromatic rings. The van der Waals surface area contributed by atoms with Crippen molar-refractivity contribution in [1.29, 1.82) is 0 Å². The maximum absolute atomic E-state index is 10.1. The van der Waals surface area contributed by atoms with E-state index >= 15 is 0 Å². The second kappa shape index (κ2) is 3.91. The van der Waals surface area contributed by atoms with E-state index in [1.54, 1.807) is 18.6 Å². The molecule has 1 aromatic carbocycles. The van der Waals surface area contributed by atoms with Crippen LogP contribution in [0.25, 0.3) is 0 Å². The van der Waals surface area contributed by atoms with Crippen LogP contribution < -0.4 is 0 Å². The molecule has 0 saturated heterocycles. The average molecular weight is 202 g/mol. The molecule has 2 heteroatoms. The molecule has 0 fully saturated rings. The SMILES string of the molecule is Cc1cc(C)cc(C(O)c2ccoc2)c1. The lowest BCUT2D eigenvalue weighted by Gasteiger charge is -2.10. The van der Waals surface area contributed by atoms with Gasteiger partial charge in [-0.2, -0.15) is 0 Å². The van der Waals surface area contributed by atoms with Gasteiger partial charge in [-0.1, -0.05) is 29.3 Å². The fourth-order valence-corrected chi connectivity index (χ4v) is 1.79. The highest BCUT2D eigenvalue weighted by atomic mass is 16.3. The van der Waals surface area contributed by atoms with E-state index in [1.165, 1.54) is 0 Å². The molecule has 0 saturated carbocycles. The molecule has 0 aliphatic carbocycles. The summed E-state index contributed by atoms with van der Waals surface area (Å²) in [5, 5.41) is 10.1. The lowest BCUT2D eigenvalue weighted by atomic mass is 10.00. The van der Waals surface area contributed by atoms with Crippen molar-refractivity contribution in [2.45, 2.75) is 20.0 Å². The van der Waals surface area contributed by atoms with Gasteiger partial charge in [0.15, 0.2) is 0 Å². The Morgan fingerprint density at radius 1 is 1.07 bits per heavy atom. The predicted molar refractivity (Wildman–Crippen MR) is 58.7 cm³/mol. The summed E-state index contributed by atoms with van der Waals surface area (Å²) in [6.07, 6.45) is 2.55. The van der Waals surface area contributed by atoms with Crippen molar-refractivity contribution < 1.29 is 9.52 Å². The maximum atomic E-state index is 10.1. The minimum atomic E-state index is -0.595. The predicted octanol–water partition coefficient (Wildman–Crippen LogP) is 2.98. The van der Waals surface area contributed by atoms with E-state index in [0.717, 1.165) is 22.3 Å². The van der Waals surface area contributed by atoms with Crippen LogP contribution in [0, 0.1) is 13.8 Å². The van der Waals surface area contributed by atoms with Crippen molar-refractivity contribution in [3.05, 3.63) is 59.0 Å². The number of hydrogen-bond donors (Lipinski definition) is 1. The Labute approximate surface area is 89.2 Å². The van der Waals surface area contributed by atoms with E-state index < -0.39 is 6.10 Å². The Bertz CT molecular complexity index is 423. The van der Waals surface area contributed by atoms with Crippen LogP contribution in [0.3, 0.4) is 0 Å². The molecule has 1 aromatic heterocycles. The molecule has 2 nitrogen and oxygen atoms in total. The molecule has 0 radical (unpaired) electrons. The molecule has 1 N–H and O–H groups in total. The molecular weight excluding hydrogens is 188 g/mol. The molecule has 0 amide bonds. The monoisotopic (exact) mass is 202 g/mol. The molecule has 78 valence electrons. The molecule has 0 spiro atoms. The molecule has 2 rings (SSSR count). The van der Waals surface area contributed by atoms with Crippen LogP contribution in [0.1, 0.15) is 28.4 Å². The zero-order valence-corrected chi connectivity index (χ0v) is 8.90. The molecule has 0 aliphatic rings. The fraction of sp³-hybridized carbons (Fsp3) is 0.231. The third-order valence-electron chi connectivity index (χ3n) is 2.42. The normalized spacial score (nSPS) is 12.7. The highest BCUT2D eigenvalue weighted by molar-refractivity contribution is 5.34. The van der Waals surface area contributed by atoms with Crippen LogP contribution in [0.15, 0.2) is 41.2 Å². The van der Waals surface area contributed by atoms with Crippen molar-refractivity contribution in [2.75, 3.05) is 0 Å². The zero-order chi connectivity index (χ0) is 10.8. The first-order valence-electron chi connectivity index (χ1n) is 4.95. The van der Waals surface area contributed by atoms with Crippen LogP contribution >= 0.6 is 0 Å². The smallest absolute Gasteiger partial charge is 0.107 e. The summed E-state index contributed by atoms with van der Waals surface area (Å²) in [6.45, 7) is 4.05. The topological polar surface area (TPSA) is 33.4 Å². The first kappa shape index (κ1) is 9.99. The van der Waals surface area contributed by atoms with E-state index in [0.29, 0.717) is 0 Å². The number of aryl methyl sites for hydroxylation is 2. The lowest BCUT2D eigenvalue weighted by Crippen LogP contribution is -1.98. The second-order valence-corrected chi connectivity index (χ2v) is 3.88. The highest BCUT2D eigenvalue weighted by Crippen LogP contribution is 2.23. The lowest BCUT2D eigenvalue weighted by molar-refractivity contribution is 0.219. The van der Waals surface area contributed by atoms with Gasteiger partial charge in [0.1, 0.15) is 6.10 Å². The Kier molecular flexibility index (Phi) is 2.60. The number of aliphatic hydroxyl groups excluding tert-OH is 1. The van der Waals surface area contributed by atoms with E-state index in [-0.39, 0.29) is 0 Å². The number of hydrogen-bond acceptors (Lipinski definition) is 2. The Morgan fingerprint density at radius 3 is 2.27 bits per heavy atom. The molecule has 1 heterocycles. The molecule has 0 bridgehead atoms. The molecule has 15 heavy (non-hydrogen) atoms. The van der Waals surface area contributed by atoms with Crippen molar-refractivity contribution >= 4 is 0 Å². The van der Waals surface area contributed by atoms with Crippen LogP contribution in [0.4, 0.5) is 0 Å². The Balaban J connectivity index is 2.37. The fourth-order valence-electron chi connectivity index (χ4n) is 1.79. The zero-order valence-electron chi connectivity index (χ0n) is 8.90. The minimum absolute atomic E-state index is 0.595. The summed E-state index contributed by atoms with van der Waals surface area (Å²) >= 11 is 0. The van der Waals surface area contributed by atoms with Crippen LogP contribution in [-0.2, 0) is 0 Å². The van der Waals surface area contributed by atoms with E-state index in [2.05, 4.69) is 6.07 Å². The van der Waals surface area contributed by atoms with E-state index in [9.17, 15) is 5.11 Å². The maximum Gasteiger partial charge on any atom is 0.107 e. The summed E-state index contributed by atoms with van der Waals surface area (Å²) in [5.41, 5.74) is 4.02. The minimum Gasteiger partial charge on any atom is -0.472 e. The average Bonchev–Trinajstić information content (AvgIpc) is 2.67. The van der Waals surface area contributed by atoms with Gasteiger partial charge < -0.3 is 9.52 Å². The van der Waals surface area contributed by atoms with Gasteiger partial charge in [0.2, 0.25) is 0 Å². The van der Waals surface area contributed by atoms with Gasteiger partial charge >= 0.3 is 0 Å². The van der Waals surface area contributed by atoms with Gasteiger partial charge in [0.05, 0.1) is 12.5 Å². The van der Waals surface area contributed by atoms with Gasteiger partial charge in [-0.05, 0) is 25.5 Å². The summed E-state index contributed by atoms with van der Waals surface area (Å²) in [7, 11) is 0. The highest BCUT2D eigenvalue weighted by Gasteiger charge is 2.11. The number of aliphatic hydroxyl groups is 1.